The summed E-state index contributed by atoms with van der Waals surface area (Å²) in [6.07, 6.45) is 0. The molecule has 1 aromatic heterocycles. The van der Waals surface area contributed by atoms with Crippen molar-refractivity contribution in [3.8, 4) is 28.6 Å². The molecule has 30 heavy (non-hydrogen) atoms. The lowest BCUT2D eigenvalue weighted by Gasteiger charge is -2.08. The van der Waals surface area contributed by atoms with E-state index in [1.807, 2.05) is 0 Å². The monoisotopic (exact) mass is 411 g/mol. The largest absolute Gasteiger partial charge is 0.497 e. The Bertz CT molecular complexity index is 1030. The maximum Gasteiger partial charge on any atom is 0.251 e. The highest BCUT2D eigenvalue weighted by Gasteiger charge is 2.14. The number of benzene rings is 2. The summed E-state index contributed by atoms with van der Waals surface area (Å²) in [6, 6.07) is 11.8. The van der Waals surface area contributed by atoms with Crippen LogP contribution < -0.4 is 24.8 Å². The van der Waals surface area contributed by atoms with Crippen molar-refractivity contribution in [3.63, 3.8) is 0 Å². The molecule has 156 valence electrons. The average Bonchev–Trinajstić information content (AvgIpc) is 3.25. The fraction of sp³-hybridized carbons (Fsp3) is 0.200. The molecule has 3 rings (SSSR count). The number of hydrogen-bond acceptors (Lipinski definition) is 7. The van der Waals surface area contributed by atoms with Gasteiger partial charge in [-0.3, -0.25) is 20.0 Å². The van der Waals surface area contributed by atoms with Gasteiger partial charge in [0.15, 0.2) is 5.82 Å². The van der Waals surface area contributed by atoms with E-state index in [9.17, 15) is 9.59 Å². The fourth-order valence-electron chi connectivity index (χ4n) is 2.61. The molecule has 10 nitrogen and oxygen atoms in total. The Hall–Kier alpha value is -4.08. The average molecular weight is 411 g/mol. The first-order chi connectivity index (χ1) is 14.5. The number of aromatic amines is 1. The van der Waals surface area contributed by atoms with E-state index in [4.69, 9.17) is 14.2 Å². The molecule has 0 saturated carbocycles. The molecule has 0 saturated heterocycles. The lowest BCUT2D eigenvalue weighted by molar-refractivity contribution is -0.115. The number of aromatic nitrogens is 3. The quantitative estimate of drug-likeness (QED) is 0.516. The third kappa shape index (κ3) is 4.85. The number of ether oxygens (including phenoxy) is 3. The van der Waals surface area contributed by atoms with Gasteiger partial charge in [-0.05, 0) is 36.4 Å². The first-order valence-electron chi connectivity index (χ1n) is 8.91. The molecular weight excluding hydrogens is 390 g/mol. The van der Waals surface area contributed by atoms with E-state index in [-0.39, 0.29) is 18.4 Å². The van der Waals surface area contributed by atoms with Crippen LogP contribution in [-0.4, -0.2) is 54.9 Å². The van der Waals surface area contributed by atoms with E-state index in [0.29, 0.717) is 34.2 Å². The van der Waals surface area contributed by atoms with Crippen LogP contribution in [0.4, 0.5) is 5.95 Å². The molecule has 0 atom stereocenters. The van der Waals surface area contributed by atoms with Crippen molar-refractivity contribution in [2.45, 2.75) is 0 Å². The van der Waals surface area contributed by atoms with Crippen LogP contribution in [0, 0.1) is 0 Å². The predicted octanol–water partition coefficient (Wildman–Crippen LogP) is 1.87. The highest BCUT2D eigenvalue weighted by Crippen LogP contribution is 2.31. The second kappa shape index (κ2) is 9.41. The maximum atomic E-state index is 12.1. The normalized spacial score (nSPS) is 10.2. The Labute approximate surface area is 172 Å². The van der Waals surface area contributed by atoms with E-state index in [1.165, 1.54) is 7.11 Å². The van der Waals surface area contributed by atoms with Gasteiger partial charge in [0.25, 0.3) is 5.91 Å². The lowest BCUT2D eigenvalue weighted by atomic mass is 10.2. The van der Waals surface area contributed by atoms with Crippen LogP contribution in [0.5, 0.6) is 17.2 Å². The number of carbonyl (C=O) groups excluding carboxylic acids is 2. The van der Waals surface area contributed by atoms with Crippen LogP contribution >= 0.6 is 0 Å². The SMILES string of the molecule is COc1ccc(C(=O)NCC(=O)Nc2n[nH]c(-c3ccc(OC)cc3OC)n2)cc1. The van der Waals surface area contributed by atoms with Gasteiger partial charge in [-0.1, -0.05) is 0 Å². The van der Waals surface area contributed by atoms with Gasteiger partial charge in [-0.25, -0.2) is 0 Å². The Morgan fingerprint density at radius 3 is 2.33 bits per heavy atom. The lowest BCUT2D eigenvalue weighted by Crippen LogP contribution is -2.33. The second-order valence-electron chi connectivity index (χ2n) is 6.03. The van der Waals surface area contributed by atoms with Crippen molar-refractivity contribution < 1.29 is 23.8 Å². The number of H-pyrrole nitrogens is 1. The van der Waals surface area contributed by atoms with E-state index in [0.717, 1.165) is 0 Å². The van der Waals surface area contributed by atoms with Crippen LogP contribution in [0.2, 0.25) is 0 Å². The summed E-state index contributed by atoms with van der Waals surface area (Å²) in [5, 5.41) is 11.8. The number of nitrogens with one attached hydrogen (secondary N) is 3. The highest BCUT2D eigenvalue weighted by molar-refractivity contribution is 5.98. The van der Waals surface area contributed by atoms with E-state index in [1.54, 1.807) is 56.7 Å². The van der Waals surface area contributed by atoms with Crippen LogP contribution in [0.15, 0.2) is 42.5 Å². The van der Waals surface area contributed by atoms with Gasteiger partial charge in [-0.2, -0.15) is 4.98 Å². The first-order valence-corrected chi connectivity index (χ1v) is 8.91. The van der Waals surface area contributed by atoms with Gasteiger partial charge in [-0.15, -0.1) is 5.10 Å². The molecule has 0 spiro atoms. The van der Waals surface area contributed by atoms with Crippen molar-refractivity contribution in [2.75, 3.05) is 33.2 Å². The molecule has 1 heterocycles. The standard InChI is InChI=1S/C20H21N5O5/c1-28-13-6-4-12(5-7-13)19(27)21-11-17(26)22-20-23-18(24-25-20)15-9-8-14(29-2)10-16(15)30-3/h4-10H,11H2,1-3H3,(H,21,27)(H2,22,23,24,25,26). The molecule has 2 aromatic carbocycles. The first kappa shape index (κ1) is 20.6. The van der Waals surface area contributed by atoms with Crippen molar-refractivity contribution in [1.82, 2.24) is 20.5 Å². The summed E-state index contributed by atoms with van der Waals surface area (Å²) in [5.41, 5.74) is 1.06. The molecule has 0 bridgehead atoms. The molecule has 0 aliphatic heterocycles. The number of nitrogens with zero attached hydrogens (tertiary/aromatic N) is 2. The number of rotatable bonds is 8. The minimum atomic E-state index is -0.468. The summed E-state index contributed by atoms with van der Waals surface area (Å²) in [6.45, 7) is -0.236. The smallest absolute Gasteiger partial charge is 0.251 e. The number of methoxy groups -OCH3 is 3. The van der Waals surface area contributed by atoms with Crippen molar-refractivity contribution >= 4 is 17.8 Å². The topological polar surface area (TPSA) is 127 Å². The zero-order valence-electron chi connectivity index (χ0n) is 16.7. The minimum absolute atomic E-state index is 0.0755. The number of hydrogen-bond donors (Lipinski definition) is 3. The molecule has 0 radical (unpaired) electrons. The molecule has 0 aliphatic carbocycles. The van der Waals surface area contributed by atoms with Gasteiger partial charge in [0, 0.05) is 11.6 Å². The maximum absolute atomic E-state index is 12.1. The van der Waals surface area contributed by atoms with Gasteiger partial charge in [0.1, 0.15) is 17.2 Å². The van der Waals surface area contributed by atoms with Crippen molar-refractivity contribution in [1.29, 1.82) is 0 Å². The molecule has 3 aromatic rings. The van der Waals surface area contributed by atoms with Crippen molar-refractivity contribution in [3.05, 3.63) is 48.0 Å². The Morgan fingerprint density at radius 1 is 0.967 bits per heavy atom. The summed E-state index contributed by atoms with van der Waals surface area (Å²) in [7, 11) is 4.63. The Morgan fingerprint density at radius 2 is 1.67 bits per heavy atom. The van der Waals surface area contributed by atoms with Gasteiger partial charge >= 0.3 is 0 Å². The van der Waals surface area contributed by atoms with Crippen LogP contribution in [0.3, 0.4) is 0 Å². The minimum Gasteiger partial charge on any atom is -0.497 e. The fourth-order valence-corrected chi connectivity index (χ4v) is 2.61. The predicted molar refractivity (Wildman–Crippen MR) is 109 cm³/mol. The molecule has 0 unspecified atom stereocenters. The number of amides is 2. The Balaban J connectivity index is 1.59. The van der Waals surface area contributed by atoms with E-state index >= 15 is 0 Å². The summed E-state index contributed by atoms with van der Waals surface area (Å²) in [4.78, 5) is 28.5. The van der Waals surface area contributed by atoms with Crippen LogP contribution in [0.1, 0.15) is 10.4 Å². The summed E-state index contributed by atoms with van der Waals surface area (Å²) >= 11 is 0. The molecule has 0 aliphatic rings. The number of anilines is 1. The molecule has 0 fully saturated rings. The Kier molecular flexibility index (Phi) is 6.48. The summed E-state index contributed by atoms with van der Waals surface area (Å²) in [5.74, 6) is 1.44. The van der Waals surface area contributed by atoms with E-state index < -0.39 is 5.91 Å². The van der Waals surface area contributed by atoms with Crippen molar-refractivity contribution in [2.24, 2.45) is 0 Å². The van der Waals surface area contributed by atoms with Gasteiger partial charge in [0.05, 0.1) is 33.4 Å². The van der Waals surface area contributed by atoms with E-state index in [2.05, 4.69) is 25.8 Å². The highest BCUT2D eigenvalue weighted by atomic mass is 16.5. The van der Waals surface area contributed by atoms with Crippen LogP contribution in [-0.2, 0) is 4.79 Å². The molecule has 10 heteroatoms. The zero-order chi connectivity index (χ0) is 21.5. The molecule has 2 amide bonds. The third-order valence-corrected chi connectivity index (χ3v) is 4.16. The second-order valence-corrected chi connectivity index (χ2v) is 6.03. The molecular formula is C20H21N5O5. The summed E-state index contributed by atoms with van der Waals surface area (Å²) < 4.78 is 15.6. The zero-order valence-corrected chi connectivity index (χ0v) is 16.7. The number of carbonyl (C=O) groups is 2. The van der Waals surface area contributed by atoms with Gasteiger partial charge < -0.3 is 19.5 Å². The molecule has 3 N–H and O–H groups in total. The van der Waals surface area contributed by atoms with Crippen LogP contribution in [0.25, 0.3) is 11.4 Å². The third-order valence-electron chi connectivity index (χ3n) is 4.16. The van der Waals surface area contributed by atoms with Gasteiger partial charge in [0.2, 0.25) is 11.9 Å².